The summed E-state index contributed by atoms with van der Waals surface area (Å²) in [5.41, 5.74) is 8.11. The lowest BCUT2D eigenvalue weighted by atomic mass is 10.1. The average Bonchev–Trinajstić information content (AvgIpc) is 3.29. The molecule has 2 aromatic rings. The number of benzene rings is 1. The molecule has 1 aromatic carbocycles. The maximum Gasteiger partial charge on any atom is 0.416 e. The van der Waals surface area contributed by atoms with E-state index in [1.54, 1.807) is 26.0 Å². The SMILES string of the molecule is C\C=C/C(=C\C(=C\CC)C(F)(F)F)c1cc2n(n1)CCC2.NCc1ccccc1. The Bertz CT molecular complexity index is 838. The lowest BCUT2D eigenvalue weighted by Gasteiger charge is -2.09. The molecule has 2 heterocycles. The first-order valence-corrected chi connectivity index (χ1v) is 9.81. The van der Waals surface area contributed by atoms with E-state index in [9.17, 15) is 13.2 Å². The van der Waals surface area contributed by atoms with Crippen LogP contribution in [-0.2, 0) is 19.5 Å². The molecule has 3 nitrogen and oxygen atoms in total. The van der Waals surface area contributed by atoms with Gasteiger partial charge in [0.1, 0.15) is 0 Å². The average molecular weight is 403 g/mol. The molecule has 0 unspecified atom stereocenters. The highest BCUT2D eigenvalue weighted by Gasteiger charge is 2.32. The Morgan fingerprint density at radius 2 is 1.97 bits per heavy atom. The molecule has 156 valence electrons. The lowest BCUT2D eigenvalue weighted by Crippen LogP contribution is -2.10. The number of halogens is 3. The van der Waals surface area contributed by atoms with Gasteiger partial charge < -0.3 is 5.73 Å². The first kappa shape index (κ1) is 22.7. The number of nitrogens with zero attached hydrogens (tertiary/aromatic N) is 2. The molecule has 2 N–H and O–H groups in total. The maximum absolute atomic E-state index is 13.0. The third-order valence-corrected chi connectivity index (χ3v) is 4.45. The molecular weight excluding hydrogens is 375 g/mol. The zero-order valence-electron chi connectivity index (χ0n) is 16.9. The molecule has 0 atom stereocenters. The van der Waals surface area contributed by atoms with Crippen LogP contribution in [0.3, 0.4) is 0 Å². The van der Waals surface area contributed by atoms with Crippen LogP contribution in [0.4, 0.5) is 13.2 Å². The molecule has 0 radical (unpaired) electrons. The van der Waals surface area contributed by atoms with Crippen molar-refractivity contribution >= 4 is 5.57 Å². The zero-order valence-corrected chi connectivity index (χ0v) is 16.9. The zero-order chi connectivity index (χ0) is 21.3. The summed E-state index contributed by atoms with van der Waals surface area (Å²) >= 11 is 0. The van der Waals surface area contributed by atoms with Gasteiger partial charge in [-0.05, 0) is 43.9 Å². The van der Waals surface area contributed by atoms with Gasteiger partial charge in [0.2, 0.25) is 0 Å². The quantitative estimate of drug-likeness (QED) is 0.638. The van der Waals surface area contributed by atoms with E-state index in [0.717, 1.165) is 25.1 Å². The van der Waals surface area contributed by atoms with Crippen molar-refractivity contribution in [1.29, 1.82) is 0 Å². The Kier molecular flexibility index (Phi) is 8.46. The highest BCUT2D eigenvalue weighted by atomic mass is 19.4. The fourth-order valence-corrected chi connectivity index (χ4v) is 3.05. The predicted molar refractivity (Wildman–Crippen MR) is 112 cm³/mol. The van der Waals surface area contributed by atoms with Gasteiger partial charge in [0.05, 0.1) is 11.3 Å². The van der Waals surface area contributed by atoms with Crippen molar-refractivity contribution in [3.63, 3.8) is 0 Å². The summed E-state index contributed by atoms with van der Waals surface area (Å²) in [4.78, 5) is 0. The number of rotatable bonds is 5. The van der Waals surface area contributed by atoms with Gasteiger partial charge in [-0.25, -0.2) is 0 Å². The molecule has 0 aliphatic carbocycles. The highest BCUT2D eigenvalue weighted by Crippen LogP contribution is 2.30. The Balaban J connectivity index is 0.000000313. The Labute approximate surface area is 170 Å². The molecule has 1 aliphatic rings. The summed E-state index contributed by atoms with van der Waals surface area (Å²) in [6, 6.07) is 11.9. The highest BCUT2D eigenvalue weighted by molar-refractivity contribution is 5.74. The summed E-state index contributed by atoms with van der Waals surface area (Å²) in [5, 5.41) is 4.41. The molecule has 0 saturated heterocycles. The molecule has 0 spiro atoms. The van der Waals surface area contributed by atoms with Crippen LogP contribution >= 0.6 is 0 Å². The molecule has 29 heavy (non-hydrogen) atoms. The van der Waals surface area contributed by atoms with Crippen molar-refractivity contribution in [3.05, 3.63) is 83.2 Å². The van der Waals surface area contributed by atoms with E-state index in [4.69, 9.17) is 5.73 Å². The van der Waals surface area contributed by atoms with Crippen molar-refractivity contribution in [2.24, 2.45) is 5.73 Å². The minimum absolute atomic E-state index is 0.341. The number of fused-ring (bicyclic) bond motifs is 1. The van der Waals surface area contributed by atoms with Crippen molar-refractivity contribution in [1.82, 2.24) is 9.78 Å². The van der Waals surface area contributed by atoms with E-state index < -0.39 is 11.7 Å². The Morgan fingerprint density at radius 3 is 2.48 bits per heavy atom. The van der Waals surface area contributed by atoms with Gasteiger partial charge in [-0.2, -0.15) is 18.3 Å². The third-order valence-electron chi connectivity index (χ3n) is 4.45. The molecule has 1 aromatic heterocycles. The molecule has 6 heteroatoms. The monoisotopic (exact) mass is 403 g/mol. The van der Waals surface area contributed by atoms with Crippen LogP contribution in [0.15, 0.2) is 66.3 Å². The summed E-state index contributed by atoms with van der Waals surface area (Å²) in [6.07, 6.45) is 3.78. The molecule has 0 saturated carbocycles. The van der Waals surface area contributed by atoms with Crippen LogP contribution in [0, 0.1) is 0 Å². The first-order chi connectivity index (χ1) is 13.9. The minimum atomic E-state index is -4.34. The lowest BCUT2D eigenvalue weighted by molar-refractivity contribution is -0.0883. The second-order valence-corrected chi connectivity index (χ2v) is 6.70. The van der Waals surface area contributed by atoms with E-state index in [0.29, 0.717) is 24.2 Å². The summed E-state index contributed by atoms with van der Waals surface area (Å²) in [6.45, 7) is 4.96. The molecular formula is C23H28F3N3. The van der Waals surface area contributed by atoms with Gasteiger partial charge in [0.25, 0.3) is 0 Å². The van der Waals surface area contributed by atoms with Crippen LogP contribution in [0.2, 0.25) is 0 Å². The minimum Gasteiger partial charge on any atom is -0.326 e. The maximum atomic E-state index is 13.0. The Morgan fingerprint density at radius 1 is 1.24 bits per heavy atom. The van der Waals surface area contributed by atoms with Crippen LogP contribution in [0.5, 0.6) is 0 Å². The van der Waals surface area contributed by atoms with E-state index >= 15 is 0 Å². The number of allylic oxidation sites excluding steroid dienone is 6. The molecule has 0 bridgehead atoms. The van der Waals surface area contributed by atoms with Crippen LogP contribution < -0.4 is 5.73 Å². The van der Waals surface area contributed by atoms with Gasteiger partial charge in [-0.3, -0.25) is 4.68 Å². The van der Waals surface area contributed by atoms with Crippen molar-refractivity contribution < 1.29 is 13.2 Å². The fraction of sp³-hybridized carbons (Fsp3) is 0.348. The smallest absolute Gasteiger partial charge is 0.326 e. The predicted octanol–water partition coefficient (Wildman–Crippen LogP) is 5.83. The van der Waals surface area contributed by atoms with Crippen LogP contribution in [0.1, 0.15) is 43.6 Å². The topological polar surface area (TPSA) is 43.8 Å². The normalized spacial score (nSPS) is 14.7. The largest absolute Gasteiger partial charge is 0.416 e. The summed E-state index contributed by atoms with van der Waals surface area (Å²) < 4.78 is 40.9. The van der Waals surface area contributed by atoms with Crippen LogP contribution in [0.25, 0.3) is 5.57 Å². The molecule has 1 aliphatic heterocycles. The number of hydrogen-bond acceptors (Lipinski definition) is 2. The number of hydrogen-bond donors (Lipinski definition) is 1. The van der Waals surface area contributed by atoms with Crippen molar-refractivity contribution in [3.8, 4) is 0 Å². The van der Waals surface area contributed by atoms with Crippen molar-refractivity contribution in [2.75, 3.05) is 0 Å². The summed E-state index contributed by atoms with van der Waals surface area (Å²) in [5.74, 6) is 0. The van der Waals surface area contributed by atoms with Gasteiger partial charge in [0, 0.05) is 24.4 Å². The first-order valence-electron chi connectivity index (χ1n) is 9.81. The van der Waals surface area contributed by atoms with Gasteiger partial charge in [-0.15, -0.1) is 0 Å². The Hall–Kier alpha value is -2.60. The number of alkyl halides is 3. The van der Waals surface area contributed by atoms with Gasteiger partial charge in [0.15, 0.2) is 0 Å². The number of aryl methyl sites for hydroxylation is 2. The van der Waals surface area contributed by atoms with E-state index in [1.165, 1.54) is 17.7 Å². The molecule has 0 fully saturated rings. The standard InChI is InChI=1S/C16H19F3N2.C7H9N/c1-3-6-12(10-13(7-4-2)16(17,18)19)15-11-14-8-5-9-21(14)20-15;8-6-7-4-2-1-3-5-7/h3,6-7,10-11H,4-5,8-9H2,1-2H3;1-5H,6,8H2/b6-3-,12-10+,13-7-;. The van der Waals surface area contributed by atoms with E-state index in [2.05, 4.69) is 5.10 Å². The molecule has 3 rings (SSSR count). The van der Waals surface area contributed by atoms with Crippen molar-refractivity contribution in [2.45, 2.75) is 52.4 Å². The van der Waals surface area contributed by atoms with Gasteiger partial charge >= 0.3 is 6.18 Å². The van der Waals surface area contributed by atoms with Gasteiger partial charge in [-0.1, -0.05) is 55.5 Å². The third kappa shape index (κ3) is 6.75. The second kappa shape index (κ2) is 10.8. The number of nitrogens with two attached hydrogens (primary N) is 1. The van der Waals surface area contributed by atoms with Crippen LogP contribution in [-0.4, -0.2) is 16.0 Å². The van der Waals surface area contributed by atoms with E-state index in [-0.39, 0.29) is 0 Å². The summed E-state index contributed by atoms with van der Waals surface area (Å²) in [7, 11) is 0. The van der Waals surface area contributed by atoms with E-state index in [1.807, 2.05) is 41.1 Å². The number of aromatic nitrogens is 2. The fourth-order valence-electron chi connectivity index (χ4n) is 3.05. The molecule has 0 amide bonds. The second-order valence-electron chi connectivity index (χ2n) is 6.70.